The summed E-state index contributed by atoms with van der Waals surface area (Å²) in [4.78, 5) is 4.40. The fraction of sp³-hybridized carbons (Fsp3) is 0.118. The molecule has 106 valence electrons. The topological polar surface area (TPSA) is 50.9 Å². The molecule has 1 unspecified atom stereocenters. The van der Waals surface area contributed by atoms with Crippen LogP contribution in [0, 0.1) is 6.92 Å². The van der Waals surface area contributed by atoms with Gasteiger partial charge < -0.3 is 0 Å². The number of nitrogens with zero attached hydrogens (tertiary/aromatic N) is 1. The maximum absolute atomic E-state index is 6.14. The lowest BCUT2D eigenvalue weighted by Gasteiger charge is -2.21. The van der Waals surface area contributed by atoms with Gasteiger partial charge in [-0.05, 0) is 47.9 Å². The first kappa shape index (κ1) is 14.0. The molecule has 3 aromatic rings. The standard InChI is InChI=1S/C17H16ClN3/c1-11-7-8-12(18)10-15(11)17(21-19)14-4-2-6-16-13(14)5-3-9-20-16/h2-10,17,21H,19H2,1H3. The van der Waals surface area contributed by atoms with Crippen molar-refractivity contribution in [3.8, 4) is 0 Å². The zero-order valence-electron chi connectivity index (χ0n) is 11.7. The predicted octanol–water partition coefficient (Wildman–Crippen LogP) is 3.75. The van der Waals surface area contributed by atoms with Crippen LogP contribution in [-0.2, 0) is 0 Å². The number of benzene rings is 2. The van der Waals surface area contributed by atoms with Crippen molar-refractivity contribution >= 4 is 22.5 Å². The fourth-order valence-electron chi connectivity index (χ4n) is 2.65. The highest BCUT2D eigenvalue weighted by Gasteiger charge is 2.17. The van der Waals surface area contributed by atoms with E-state index < -0.39 is 0 Å². The number of aromatic nitrogens is 1. The van der Waals surface area contributed by atoms with E-state index in [0.717, 1.165) is 27.6 Å². The van der Waals surface area contributed by atoms with Gasteiger partial charge in [-0.25, -0.2) is 5.43 Å². The Hall–Kier alpha value is -1.94. The van der Waals surface area contributed by atoms with E-state index in [4.69, 9.17) is 17.4 Å². The van der Waals surface area contributed by atoms with E-state index in [1.165, 1.54) is 0 Å². The molecular formula is C17H16ClN3. The second-order valence-corrected chi connectivity index (χ2v) is 5.45. The van der Waals surface area contributed by atoms with Crippen LogP contribution in [0.15, 0.2) is 54.7 Å². The molecular weight excluding hydrogens is 282 g/mol. The van der Waals surface area contributed by atoms with Gasteiger partial charge in [0.1, 0.15) is 0 Å². The maximum atomic E-state index is 6.14. The highest BCUT2D eigenvalue weighted by molar-refractivity contribution is 6.30. The molecule has 3 N–H and O–H groups in total. The number of rotatable bonds is 3. The second-order valence-electron chi connectivity index (χ2n) is 5.02. The van der Waals surface area contributed by atoms with Crippen molar-refractivity contribution in [2.45, 2.75) is 13.0 Å². The molecule has 0 saturated heterocycles. The quantitative estimate of drug-likeness (QED) is 0.572. The Morgan fingerprint density at radius 1 is 1.10 bits per heavy atom. The van der Waals surface area contributed by atoms with Gasteiger partial charge >= 0.3 is 0 Å². The Balaban J connectivity index is 2.21. The summed E-state index contributed by atoms with van der Waals surface area (Å²) in [5, 5.41) is 1.79. The zero-order valence-corrected chi connectivity index (χ0v) is 12.4. The Kier molecular flexibility index (Phi) is 3.88. The first-order chi connectivity index (χ1) is 10.2. The van der Waals surface area contributed by atoms with Gasteiger partial charge in [0.2, 0.25) is 0 Å². The van der Waals surface area contributed by atoms with Gasteiger partial charge in [0.05, 0.1) is 11.6 Å². The number of pyridine rings is 1. The Morgan fingerprint density at radius 2 is 1.95 bits per heavy atom. The average molecular weight is 298 g/mol. The third kappa shape index (κ3) is 2.63. The second kappa shape index (κ2) is 5.82. The summed E-state index contributed by atoms with van der Waals surface area (Å²) in [6.07, 6.45) is 1.79. The fourth-order valence-corrected chi connectivity index (χ4v) is 2.83. The van der Waals surface area contributed by atoms with Crippen molar-refractivity contribution in [2.24, 2.45) is 5.84 Å². The number of halogens is 1. The summed E-state index contributed by atoms with van der Waals surface area (Å²) in [7, 11) is 0. The van der Waals surface area contributed by atoms with Crippen molar-refractivity contribution < 1.29 is 0 Å². The summed E-state index contributed by atoms with van der Waals surface area (Å²) in [5.74, 6) is 5.83. The Bertz CT molecular complexity index is 781. The van der Waals surface area contributed by atoms with E-state index in [-0.39, 0.29) is 6.04 Å². The predicted molar refractivity (Wildman–Crippen MR) is 87.1 cm³/mol. The number of hydrazine groups is 1. The number of aryl methyl sites for hydroxylation is 1. The van der Waals surface area contributed by atoms with Gasteiger partial charge in [-0.2, -0.15) is 0 Å². The smallest absolute Gasteiger partial charge is 0.0719 e. The molecule has 0 bridgehead atoms. The molecule has 21 heavy (non-hydrogen) atoms. The number of hydrogen-bond donors (Lipinski definition) is 2. The first-order valence-electron chi connectivity index (χ1n) is 6.76. The van der Waals surface area contributed by atoms with E-state index >= 15 is 0 Å². The third-order valence-electron chi connectivity index (χ3n) is 3.71. The van der Waals surface area contributed by atoms with Crippen LogP contribution in [0.1, 0.15) is 22.7 Å². The van der Waals surface area contributed by atoms with Crippen LogP contribution in [0.2, 0.25) is 5.02 Å². The number of fused-ring (bicyclic) bond motifs is 1. The molecule has 0 aliphatic rings. The Morgan fingerprint density at radius 3 is 2.76 bits per heavy atom. The molecule has 1 atom stereocenters. The summed E-state index contributed by atoms with van der Waals surface area (Å²) >= 11 is 6.14. The molecule has 0 radical (unpaired) electrons. The van der Waals surface area contributed by atoms with Crippen molar-refractivity contribution in [1.29, 1.82) is 0 Å². The molecule has 4 heteroatoms. The van der Waals surface area contributed by atoms with Crippen LogP contribution in [-0.4, -0.2) is 4.98 Å². The van der Waals surface area contributed by atoms with Gasteiger partial charge in [-0.3, -0.25) is 10.8 Å². The molecule has 2 aromatic carbocycles. The lowest BCUT2D eigenvalue weighted by molar-refractivity contribution is 0.637. The van der Waals surface area contributed by atoms with Crippen molar-refractivity contribution in [2.75, 3.05) is 0 Å². The Labute approximate surface area is 128 Å². The van der Waals surface area contributed by atoms with Crippen LogP contribution in [0.3, 0.4) is 0 Å². The lowest BCUT2D eigenvalue weighted by atomic mass is 9.93. The third-order valence-corrected chi connectivity index (χ3v) is 3.94. The summed E-state index contributed by atoms with van der Waals surface area (Å²) in [5.41, 5.74) is 7.17. The SMILES string of the molecule is Cc1ccc(Cl)cc1C(NN)c1cccc2ncccc12. The van der Waals surface area contributed by atoms with E-state index in [0.29, 0.717) is 5.02 Å². The van der Waals surface area contributed by atoms with Gasteiger partial charge in [-0.1, -0.05) is 35.9 Å². The van der Waals surface area contributed by atoms with Gasteiger partial charge in [0.15, 0.2) is 0 Å². The average Bonchev–Trinajstić information content (AvgIpc) is 2.51. The molecule has 0 fully saturated rings. The largest absolute Gasteiger partial charge is 0.271 e. The highest BCUT2D eigenvalue weighted by atomic mass is 35.5. The van der Waals surface area contributed by atoms with Gasteiger partial charge in [0, 0.05) is 16.6 Å². The number of nitrogens with one attached hydrogen (secondary N) is 1. The lowest BCUT2D eigenvalue weighted by Crippen LogP contribution is -2.29. The molecule has 0 amide bonds. The minimum atomic E-state index is -0.128. The van der Waals surface area contributed by atoms with E-state index in [2.05, 4.69) is 29.5 Å². The van der Waals surface area contributed by atoms with E-state index in [1.807, 2.05) is 36.4 Å². The minimum absolute atomic E-state index is 0.128. The molecule has 3 nitrogen and oxygen atoms in total. The highest BCUT2D eigenvalue weighted by Crippen LogP contribution is 2.30. The molecule has 0 saturated carbocycles. The van der Waals surface area contributed by atoms with Crippen molar-refractivity contribution in [1.82, 2.24) is 10.4 Å². The normalized spacial score (nSPS) is 12.5. The van der Waals surface area contributed by atoms with Crippen LogP contribution in [0.5, 0.6) is 0 Å². The van der Waals surface area contributed by atoms with Crippen LogP contribution in [0.25, 0.3) is 10.9 Å². The molecule has 0 aliphatic carbocycles. The first-order valence-corrected chi connectivity index (χ1v) is 7.14. The minimum Gasteiger partial charge on any atom is -0.271 e. The zero-order chi connectivity index (χ0) is 14.8. The number of nitrogens with two attached hydrogens (primary N) is 1. The van der Waals surface area contributed by atoms with E-state index in [9.17, 15) is 0 Å². The maximum Gasteiger partial charge on any atom is 0.0719 e. The van der Waals surface area contributed by atoms with Crippen molar-refractivity contribution in [3.63, 3.8) is 0 Å². The van der Waals surface area contributed by atoms with Gasteiger partial charge in [-0.15, -0.1) is 0 Å². The molecule has 0 spiro atoms. The van der Waals surface area contributed by atoms with Gasteiger partial charge in [0.25, 0.3) is 0 Å². The molecule has 3 rings (SSSR count). The van der Waals surface area contributed by atoms with Crippen LogP contribution >= 0.6 is 11.6 Å². The summed E-state index contributed by atoms with van der Waals surface area (Å²) < 4.78 is 0. The summed E-state index contributed by atoms with van der Waals surface area (Å²) in [6, 6.07) is 15.8. The van der Waals surface area contributed by atoms with Crippen LogP contribution < -0.4 is 11.3 Å². The van der Waals surface area contributed by atoms with Crippen LogP contribution in [0.4, 0.5) is 0 Å². The summed E-state index contributed by atoms with van der Waals surface area (Å²) in [6.45, 7) is 2.05. The van der Waals surface area contributed by atoms with Crippen molar-refractivity contribution in [3.05, 3.63) is 76.4 Å². The molecule has 1 aromatic heterocycles. The molecule has 1 heterocycles. The number of hydrogen-bond acceptors (Lipinski definition) is 3. The monoisotopic (exact) mass is 297 g/mol. The molecule has 0 aliphatic heterocycles. The van der Waals surface area contributed by atoms with E-state index in [1.54, 1.807) is 6.20 Å².